The van der Waals surface area contributed by atoms with Crippen molar-refractivity contribution < 1.29 is 9.59 Å². The molecule has 2 heterocycles. The molecule has 3 N–H and O–H groups in total. The van der Waals surface area contributed by atoms with E-state index in [-0.39, 0.29) is 24.3 Å². The monoisotopic (exact) mass is 436 g/mol. The van der Waals surface area contributed by atoms with Crippen LogP contribution in [0.15, 0.2) is 69.1 Å². The maximum Gasteiger partial charge on any atom is 0.330 e. The van der Waals surface area contributed by atoms with Gasteiger partial charge in [0.1, 0.15) is 5.82 Å². The van der Waals surface area contributed by atoms with E-state index in [1.54, 1.807) is 6.07 Å². The van der Waals surface area contributed by atoms with E-state index in [1.165, 1.54) is 16.3 Å². The van der Waals surface area contributed by atoms with E-state index in [0.29, 0.717) is 5.69 Å². The minimum absolute atomic E-state index is 0.0619. The minimum Gasteiger partial charge on any atom is -0.326 e. The summed E-state index contributed by atoms with van der Waals surface area (Å²) in [6.45, 7) is 0.142. The third-order valence-electron chi connectivity index (χ3n) is 5.07. The number of aromatic nitrogens is 2. The van der Waals surface area contributed by atoms with Crippen molar-refractivity contribution in [2.24, 2.45) is 0 Å². The van der Waals surface area contributed by atoms with Gasteiger partial charge in [0.05, 0.1) is 18.0 Å². The summed E-state index contributed by atoms with van der Waals surface area (Å²) in [5, 5.41) is 5.40. The number of thioether (sulfide) groups is 1. The third-order valence-corrected chi connectivity index (χ3v) is 5.79. The fraction of sp³-hybridized carbons (Fsp3) is 0.182. The van der Waals surface area contributed by atoms with Crippen LogP contribution in [0.2, 0.25) is 0 Å². The number of hydrogen-bond acceptors (Lipinski definition) is 5. The summed E-state index contributed by atoms with van der Waals surface area (Å²) in [7, 11) is 0. The SMILES string of the molecule is CSc1cccc(NC(=O)C2CC(=O)Nc3c2c(=O)[nH]c(=O)n3Cc2ccccc2)c1. The van der Waals surface area contributed by atoms with E-state index in [0.717, 1.165) is 10.5 Å². The number of anilines is 2. The van der Waals surface area contributed by atoms with Gasteiger partial charge < -0.3 is 10.6 Å². The smallest absolute Gasteiger partial charge is 0.326 e. The lowest BCUT2D eigenvalue weighted by molar-refractivity contribution is -0.123. The Balaban J connectivity index is 1.74. The van der Waals surface area contributed by atoms with Crippen molar-refractivity contribution >= 4 is 35.1 Å². The number of hydrogen-bond donors (Lipinski definition) is 3. The van der Waals surface area contributed by atoms with Crippen molar-refractivity contribution in [3.05, 3.63) is 86.6 Å². The first-order chi connectivity index (χ1) is 15.0. The highest BCUT2D eigenvalue weighted by Gasteiger charge is 2.35. The van der Waals surface area contributed by atoms with Crippen molar-refractivity contribution in [3.8, 4) is 0 Å². The first kappa shape index (κ1) is 20.7. The molecule has 0 aliphatic carbocycles. The maximum absolute atomic E-state index is 13.0. The zero-order chi connectivity index (χ0) is 22.0. The lowest BCUT2D eigenvalue weighted by atomic mass is 9.92. The fourth-order valence-corrected chi connectivity index (χ4v) is 4.05. The summed E-state index contributed by atoms with van der Waals surface area (Å²) in [4.78, 5) is 53.9. The number of carbonyl (C=O) groups is 2. The number of aromatic amines is 1. The van der Waals surface area contributed by atoms with Crippen LogP contribution in [0.3, 0.4) is 0 Å². The Hall–Kier alpha value is -3.59. The molecule has 0 fully saturated rings. The van der Waals surface area contributed by atoms with E-state index in [4.69, 9.17) is 0 Å². The Bertz CT molecular complexity index is 1270. The molecule has 1 aliphatic rings. The van der Waals surface area contributed by atoms with Crippen molar-refractivity contribution in [1.82, 2.24) is 9.55 Å². The lowest BCUT2D eigenvalue weighted by Gasteiger charge is -2.26. The number of carbonyl (C=O) groups excluding carboxylic acids is 2. The van der Waals surface area contributed by atoms with Crippen LogP contribution < -0.4 is 21.9 Å². The molecular formula is C22H20N4O4S. The highest BCUT2D eigenvalue weighted by molar-refractivity contribution is 7.98. The Morgan fingerprint density at radius 1 is 1.13 bits per heavy atom. The van der Waals surface area contributed by atoms with Crippen molar-refractivity contribution in [2.45, 2.75) is 23.8 Å². The molecule has 1 unspecified atom stereocenters. The summed E-state index contributed by atoms with van der Waals surface area (Å²) < 4.78 is 1.28. The predicted octanol–water partition coefficient (Wildman–Crippen LogP) is 2.37. The van der Waals surface area contributed by atoms with Crippen molar-refractivity contribution in [1.29, 1.82) is 0 Å². The van der Waals surface area contributed by atoms with E-state index in [1.807, 2.05) is 54.8 Å². The van der Waals surface area contributed by atoms with Gasteiger partial charge in [-0.15, -0.1) is 11.8 Å². The zero-order valence-corrected chi connectivity index (χ0v) is 17.5. The molecule has 8 nitrogen and oxygen atoms in total. The Morgan fingerprint density at radius 2 is 1.90 bits per heavy atom. The van der Waals surface area contributed by atoms with Gasteiger partial charge in [-0.1, -0.05) is 36.4 Å². The molecule has 0 spiro atoms. The summed E-state index contributed by atoms with van der Waals surface area (Å²) in [6.07, 6.45) is 1.74. The molecule has 1 atom stereocenters. The summed E-state index contributed by atoms with van der Waals surface area (Å²) in [6, 6.07) is 16.4. The quantitative estimate of drug-likeness (QED) is 0.532. The molecule has 0 saturated carbocycles. The predicted molar refractivity (Wildman–Crippen MR) is 120 cm³/mol. The highest BCUT2D eigenvalue weighted by Crippen LogP contribution is 2.30. The first-order valence-corrected chi connectivity index (χ1v) is 10.8. The lowest BCUT2D eigenvalue weighted by Crippen LogP contribution is -2.42. The Labute approximate surface area is 181 Å². The van der Waals surface area contributed by atoms with Crippen molar-refractivity contribution in [2.75, 3.05) is 16.9 Å². The van der Waals surface area contributed by atoms with Crippen LogP contribution in [0, 0.1) is 0 Å². The van der Waals surface area contributed by atoms with Gasteiger partial charge in [0.15, 0.2) is 0 Å². The van der Waals surface area contributed by atoms with Gasteiger partial charge in [0.2, 0.25) is 11.8 Å². The molecule has 4 rings (SSSR count). The van der Waals surface area contributed by atoms with Crippen LogP contribution in [0.4, 0.5) is 11.5 Å². The van der Waals surface area contributed by atoms with Crippen LogP contribution in [-0.4, -0.2) is 27.6 Å². The molecule has 1 aliphatic heterocycles. The van der Waals surface area contributed by atoms with Crippen LogP contribution in [-0.2, 0) is 16.1 Å². The first-order valence-electron chi connectivity index (χ1n) is 9.62. The van der Waals surface area contributed by atoms with E-state index in [2.05, 4.69) is 15.6 Å². The average Bonchev–Trinajstić information content (AvgIpc) is 2.76. The zero-order valence-electron chi connectivity index (χ0n) is 16.7. The van der Waals surface area contributed by atoms with E-state index in [9.17, 15) is 19.2 Å². The second-order valence-corrected chi connectivity index (χ2v) is 8.00. The second kappa shape index (κ2) is 8.65. The van der Waals surface area contributed by atoms with Crippen LogP contribution in [0.5, 0.6) is 0 Å². The average molecular weight is 436 g/mol. The number of nitrogens with one attached hydrogen (secondary N) is 3. The van der Waals surface area contributed by atoms with Gasteiger partial charge in [0, 0.05) is 17.0 Å². The van der Waals surface area contributed by atoms with Crippen LogP contribution >= 0.6 is 11.8 Å². The Kier molecular flexibility index (Phi) is 5.77. The van der Waals surface area contributed by atoms with E-state index < -0.39 is 29.0 Å². The summed E-state index contributed by atoms with van der Waals surface area (Å²) in [5.41, 5.74) is 0.129. The van der Waals surface area contributed by atoms with Gasteiger partial charge in [-0.3, -0.25) is 23.9 Å². The molecule has 2 amide bonds. The molecule has 3 aromatic rings. The Morgan fingerprint density at radius 3 is 2.65 bits per heavy atom. The number of fused-ring (bicyclic) bond motifs is 1. The third kappa shape index (κ3) is 4.31. The normalized spacial score (nSPS) is 15.1. The topological polar surface area (TPSA) is 113 Å². The molecule has 0 radical (unpaired) electrons. The van der Waals surface area contributed by atoms with Gasteiger partial charge >= 0.3 is 5.69 Å². The van der Waals surface area contributed by atoms with Gasteiger partial charge in [-0.05, 0) is 30.0 Å². The molecule has 9 heteroatoms. The van der Waals surface area contributed by atoms with Crippen LogP contribution in [0.1, 0.15) is 23.5 Å². The molecule has 2 aromatic carbocycles. The highest BCUT2D eigenvalue weighted by atomic mass is 32.2. The number of rotatable bonds is 5. The molecule has 31 heavy (non-hydrogen) atoms. The van der Waals surface area contributed by atoms with Crippen molar-refractivity contribution in [3.63, 3.8) is 0 Å². The van der Waals surface area contributed by atoms with E-state index >= 15 is 0 Å². The number of amides is 2. The van der Waals surface area contributed by atoms with Gasteiger partial charge in [0.25, 0.3) is 5.56 Å². The van der Waals surface area contributed by atoms with Gasteiger partial charge in [-0.2, -0.15) is 0 Å². The number of nitrogens with zero attached hydrogens (tertiary/aromatic N) is 1. The number of benzene rings is 2. The molecule has 158 valence electrons. The minimum atomic E-state index is -1.02. The largest absolute Gasteiger partial charge is 0.330 e. The van der Waals surface area contributed by atoms with Gasteiger partial charge in [-0.25, -0.2) is 4.79 Å². The molecule has 0 saturated heterocycles. The summed E-state index contributed by atoms with van der Waals surface area (Å²) in [5.74, 6) is -1.87. The molecular weight excluding hydrogens is 416 g/mol. The second-order valence-electron chi connectivity index (χ2n) is 7.12. The number of H-pyrrole nitrogens is 1. The summed E-state index contributed by atoms with van der Waals surface area (Å²) >= 11 is 1.53. The fourth-order valence-electron chi connectivity index (χ4n) is 3.59. The maximum atomic E-state index is 13.0. The van der Waals surface area contributed by atoms with Crippen LogP contribution in [0.25, 0.3) is 0 Å². The standard InChI is InChI=1S/C22H20N4O4S/c1-31-15-9-5-8-14(10-15)23-20(28)16-11-17(27)24-19-18(16)21(29)25-22(30)26(19)12-13-6-3-2-4-7-13/h2-10,16H,11-12H2,1H3,(H,23,28)(H,24,27)(H,25,29,30). The molecule has 1 aromatic heterocycles. The molecule has 0 bridgehead atoms.